The molecule has 0 saturated carbocycles. The first kappa shape index (κ1) is 12.5. The molecule has 0 heterocycles. The van der Waals surface area contributed by atoms with Crippen molar-refractivity contribution in [1.82, 2.24) is 0 Å². The highest BCUT2D eigenvalue weighted by Gasteiger charge is 2.25. The van der Waals surface area contributed by atoms with Crippen molar-refractivity contribution in [3.8, 4) is 5.75 Å². The number of benzene rings is 1. The number of rotatable bonds is 4. The second kappa shape index (κ2) is 4.96. The first-order chi connectivity index (χ1) is 6.95. The standard InChI is InChI=1S/C11H20O2Si2/c1-12-10-6-8-11(9-7-10)15(4,5)13-14(2)3/h6-9,14H,1-5H3. The molecule has 1 aromatic rings. The average Bonchev–Trinajstić information content (AvgIpc) is 2.16. The fraction of sp³-hybridized carbons (Fsp3) is 0.455. The molecular formula is C11H20O2Si2. The predicted molar refractivity (Wildman–Crippen MR) is 70.1 cm³/mol. The van der Waals surface area contributed by atoms with Crippen LogP contribution in [-0.4, -0.2) is 24.5 Å². The van der Waals surface area contributed by atoms with Crippen LogP contribution in [-0.2, 0) is 4.12 Å². The molecule has 1 aromatic carbocycles. The fourth-order valence-corrected chi connectivity index (χ4v) is 7.88. The van der Waals surface area contributed by atoms with Crippen molar-refractivity contribution in [3.63, 3.8) is 0 Å². The Kier molecular flexibility index (Phi) is 4.13. The Labute approximate surface area is 95.1 Å². The summed E-state index contributed by atoms with van der Waals surface area (Å²) >= 11 is 0. The number of hydrogen-bond acceptors (Lipinski definition) is 2. The number of methoxy groups -OCH3 is 1. The maximum Gasteiger partial charge on any atom is 0.205 e. The fourth-order valence-electron chi connectivity index (χ4n) is 1.65. The van der Waals surface area contributed by atoms with Gasteiger partial charge in [0.1, 0.15) is 5.75 Å². The zero-order chi connectivity index (χ0) is 11.5. The zero-order valence-electron chi connectivity index (χ0n) is 10.2. The van der Waals surface area contributed by atoms with E-state index in [4.69, 9.17) is 8.85 Å². The summed E-state index contributed by atoms with van der Waals surface area (Å²) in [5.74, 6) is 0.908. The third-order valence-corrected chi connectivity index (χ3v) is 8.28. The lowest BCUT2D eigenvalue weighted by molar-refractivity contribution is 0.415. The summed E-state index contributed by atoms with van der Waals surface area (Å²) in [6.07, 6.45) is 0. The second-order valence-corrected chi connectivity index (χ2v) is 11.0. The molecule has 0 saturated heterocycles. The monoisotopic (exact) mass is 240 g/mol. The predicted octanol–water partition coefficient (Wildman–Crippen LogP) is 2.11. The quantitative estimate of drug-likeness (QED) is 0.751. The van der Waals surface area contributed by atoms with Crippen molar-refractivity contribution in [2.24, 2.45) is 0 Å². The van der Waals surface area contributed by atoms with E-state index in [1.807, 2.05) is 12.1 Å². The first-order valence-electron chi connectivity index (χ1n) is 5.28. The molecule has 0 unspecified atom stereocenters. The molecule has 0 amide bonds. The van der Waals surface area contributed by atoms with Gasteiger partial charge in [0.05, 0.1) is 7.11 Å². The molecule has 0 aliphatic heterocycles. The molecule has 0 radical (unpaired) electrons. The van der Waals surface area contributed by atoms with E-state index in [1.165, 1.54) is 5.19 Å². The lowest BCUT2D eigenvalue weighted by atomic mass is 10.3. The minimum absolute atomic E-state index is 0.908. The molecular weight excluding hydrogens is 220 g/mol. The normalized spacial score (nSPS) is 11.9. The Morgan fingerprint density at radius 3 is 2.00 bits per heavy atom. The van der Waals surface area contributed by atoms with Gasteiger partial charge in [-0.15, -0.1) is 0 Å². The van der Waals surface area contributed by atoms with Gasteiger partial charge in [-0.2, -0.15) is 0 Å². The number of ether oxygens (including phenoxy) is 1. The minimum Gasteiger partial charge on any atom is -0.497 e. The Balaban J connectivity index is 2.85. The van der Waals surface area contributed by atoms with E-state index in [0.717, 1.165) is 5.75 Å². The lowest BCUT2D eigenvalue weighted by Crippen LogP contribution is -2.47. The van der Waals surface area contributed by atoms with Crippen LogP contribution in [0.3, 0.4) is 0 Å². The van der Waals surface area contributed by atoms with Crippen LogP contribution in [0.1, 0.15) is 0 Å². The summed E-state index contributed by atoms with van der Waals surface area (Å²) in [6.45, 7) is 8.94. The Morgan fingerprint density at radius 1 is 1.07 bits per heavy atom. The maximum absolute atomic E-state index is 6.13. The van der Waals surface area contributed by atoms with Crippen LogP contribution in [0.15, 0.2) is 24.3 Å². The molecule has 1 rings (SSSR count). The van der Waals surface area contributed by atoms with Gasteiger partial charge in [0.2, 0.25) is 8.32 Å². The van der Waals surface area contributed by atoms with Crippen LogP contribution in [0, 0.1) is 0 Å². The van der Waals surface area contributed by atoms with Gasteiger partial charge >= 0.3 is 0 Å². The molecule has 0 atom stereocenters. The summed E-state index contributed by atoms with van der Waals surface area (Å²) in [7, 11) is -0.937. The van der Waals surface area contributed by atoms with Crippen molar-refractivity contribution >= 4 is 22.5 Å². The molecule has 0 spiro atoms. The van der Waals surface area contributed by atoms with Crippen LogP contribution in [0.5, 0.6) is 5.75 Å². The van der Waals surface area contributed by atoms with Gasteiger partial charge < -0.3 is 8.85 Å². The van der Waals surface area contributed by atoms with E-state index in [-0.39, 0.29) is 0 Å². The molecule has 15 heavy (non-hydrogen) atoms. The summed E-state index contributed by atoms with van der Waals surface area (Å²) in [5, 5.41) is 1.34. The lowest BCUT2D eigenvalue weighted by Gasteiger charge is -2.26. The molecule has 0 N–H and O–H groups in total. The van der Waals surface area contributed by atoms with Crippen molar-refractivity contribution in [3.05, 3.63) is 24.3 Å². The van der Waals surface area contributed by atoms with Crippen molar-refractivity contribution < 1.29 is 8.85 Å². The molecule has 0 aliphatic rings. The summed E-state index contributed by atoms with van der Waals surface area (Å²) in [5.41, 5.74) is 0. The SMILES string of the molecule is COc1ccc([Si](C)(C)O[SiH](C)C)cc1. The topological polar surface area (TPSA) is 18.5 Å². The summed E-state index contributed by atoms with van der Waals surface area (Å²) < 4.78 is 11.3. The van der Waals surface area contributed by atoms with Gasteiger partial charge in [-0.25, -0.2) is 0 Å². The van der Waals surface area contributed by atoms with Crippen LogP contribution in [0.25, 0.3) is 0 Å². The molecule has 0 aliphatic carbocycles. The third kappa shape index (κ3) is 3.48. The van der Waals surface area contributed by atoms with Crippen LogP contribution < -0.4 is 9.92 Å². The highest BCUT2D eigenvalue weighted by molar-refractivity contribution is 6.88. The largest absolute Gasteiger partial charge is 0.497 e. The number of hydrogen-bond donors (Lipinski definition) is 0. The molecule has 0 bridgehead atoms. The van der Waals surface area contributed by atoms with Gasteiger partial charge in [-0.05, 0) is 43.5 Å². The smallest absolute Gasteiger partial charge is 0.205 e. The molecule has 0 fully saturated rings. The summed E-state index contributed by atoms with van der Waals surface area (Å²) in [6, 6.07) is 8.27. The Hall–Kier alpha value is -0.586. The van der Waals surface area contributed by atoms with Crippen molar-refractivity contribution in [2.45, 2.75) is 26.2 Å². The molecule has 2 nitrogen and oxygen atoms in total. The maximum atomic E-state index is 6.13. The average molecular weight is 240 g/mol. The second-order valence-electron chi connectivity index (χ2n) is 4.41. The minimum atomic E-state index is -1.67. The van der Waals surface area contributed by atoms with E-state index < -0.39 is 17.4 Å². The van der Waals surface area contributed by atoms with Gasteiger partial charge in [0, 0.05) is 0 Å². The zero-order valence-corrected chi connectivity index (χ0v) is 12.4. The van der Waals surface area contributed by atoms with E-state index in [2.05, 4.69) is 38.3 Å². The van der Waals surface area contributed by atoms with Gasteiger partial charge in [-0.3, -0.25) is 0 Å². The van der Waals surface area contributed by atoms with Crippen LogP contribution in [0.2, 0.25) is 26.2 Å². The van der Waals surface area contributed by atoms with Gasteiger partial charge in [0.15, 0.2) is 9.04 Å². The van der Waals surface area contributed by atoms with Crippen molar-refractivity contribution in [2.75, 3.05) is 7.11 Å². The highest BCUT2D eigenvalue weighted by Crippen LogP contribution is 2.11. The van der Waals surface area contributed by atoms with E-state index in [0.29, 0.717) is 0 Å². The van der Waals surface area contributed by atoms with Crippen LogP contribution in [0.4, 0.5) is 0 Å². The van der Waals surface area contributed by atoms with Gasteiger partial charge in [0.25, 0.3) is 0 Å². The molecule has 0 aromatic heterocycles. The summed E-state index contributed by atoms with van der Waals surface area (Å²) in [4.78, 5) is 0. The molecule has 4 heteroatoms. The van der Waals surface area contributed by atoms with Gasteiger partial charge in [-0.1, -0.05) is 12.1 Å². The van der Waals surface area contributed by atoms with E-state index in [1.54, 1.807) is 7.11 Å². The highest BCUT2D eigenvalue weighted by atomic mass is 28.4. The van der Waals surface area contributed by atoms with Crippen molar-refractivity contribution in [1.29, 1.82) is 0 Å². The van der Waals surface area contributed by atoms with E-state index >= 15 is 0 Å². The molecule has 84 valence electrons. The third-order valence-electron chi connectivity index (χ3n) is 2.32. The Morgan fingerprint density at radius 2 is 1.60 bits per heavy atom. The van der Waals surface area contributed by atoms with Crippen LogP contribution >= 0.6 is 0 Å². The first-order valence-corrected chi connectivity index (χ1v) is 11.0. The van der Waals surface area contributed by atoms with E-state index in [9.17, 15) is 0 Å². The Bertz CT molecular complexity index is 307.